The second-order valence-corrected chi connectivity index (χ2v) is 7.54. The van der Waals surface area contributed by atoms with E-state index in [1.165, 1.54) is 0 Å². The van der Waals surface area contributed by atoms with E-state index >= 15 is 0 Å². The molecule has 1 aliphatic rings. The summed E-state index contributed by atoms with van der Waals surface area (Å²) < 4.78 is 1.00. The summed E-state index contributed by atoms with van der Waals surface area (Å²) in [6, 6.07) is 9.76. The fraction of sp³-hybridized carbons (Fsp3) is 0.316. The average molecular weight is 399 g/mol. The van der Waals surface area contributed by atoms with Gasteiger partial charge in [0.15, 0.2) is 5.65 Å². The molecule has 3 heterocycles. The molecular weight excluding hydrogens is 380 g/mol. The van der Waals surface area contributed by atoms with Crippen molar-refractivity contribution in [1.29, 1.82) is 0 Å². The van der Waals surface area contributed by atoms with Crippen LogP contribution in [-0.4, -0.2) is 28.0 Å². The number of piperidine rings is 1. The lowest BCUT2D eigenvalue weighted by atomic mass is 10.00. The first-order valence-corrected chi connectivity index (χ1v) is 9.31. The van der Waals surface area contributed by atoms with Crippen LogP contribution in [0.15, 0.2) is 45.8 Å². The topological polar surface area (TPSA) is 61.9 Å². The summed E-state index contributed by atoms with van der Waals surface area (Å²) in [4.78, 5) is 26.9. The van der Waals surface area contributed by atoms with Gasteiger partial charge in [-0.1, -0.05) is 35.0 Å². The highest BCUT2D eigenvalue weighted by Crippen LogP contribution is 2.27. The van der Waals surface area contributed by atoms with E-state index in [9.17, 15) is 4.79 Å². The molecule has 0 radical (unpaired) electrons. The lowest BCUT2D eigenvalue weighted by Crippen LogP contribution is -2.35. The van der Waals surface area contributed by atoms with Crippen LogP contribution in [-0.2, 0) is 0 Å². The van der Waals surface area contributed by atoms with Crippen LogP contribution in [0.2, 0.25) is 0 Å². The quantitative estimate of drug-likeness (QED) is 0.708. The van der Waals surface area contributed by atoms with Gasteiger partial charge in [-0.3, -0.25) is 9.78 Å². The van der Waals surface area contributed by atoms with Crippen LogP contribution in [0.4, 0.5) is 5.95 Å². The normalized spacial score (nSPS) is 15.7. The second kappa shape index (κ2) is 6.59. The Bertz CT molecular complexity index is 959. The molecule has 3 aromatic rings. The molecule has 0 bridgehead atoms. The number of hydrogen-bond donors (Lipinski definition) is 1. The minimum atomic E-state index is -0.135. The van der Waals surface area contributed by atoms with Gasteiger partial charge < -0.3 is 4.90 Å². The maximum absolute atomic E-state index is 12.8. The number of rotatable bonds is 2. The molecule has 6 heteroatoms. The number of halogens is 1. The zero-order valence-electron chi connectivity index (χ0n) is 14.0. The van der Waals surface area contributed by atoms with E-state index in [4.69, 9.17) is 0 Å². The minimum Gasteiger partial charge on any atom is -0.342 e. The number of nitrogens with one attached hydrogen (secondary N) is 1. The van der Waals surface area contributed by atoms with Crippen LogP contribution in [0.5, 0.6) is 0 Å². The van der Waals surface area contributed by atoms with Gasteiger partial charge in [-0.25, -0.2) is 4.98 Å². The fourth-order valence-electron chi connectivity index (χ4n) is 3.29. The molecule has 0 aliphatic carbocycles. The predicted molar refractivity (Wildman–Crippen MR) is 104 cm³/mol. The Morgan fingerprint density at radius 2 is 1.88 bits per heavy atom. The van der Waals surface area contributed by atoms with Crippen molar-refractivity contribution in [3.63, 3.8) is 0 Å². The Morgan fingerprint density at radius 1 is 1.16 bits per heavy atom. The molecule has 1 aromatic carbocycles. The largest absolute Gasteiger partial charge is 0.342 e. The van der Waals surface area contributed by atoms with Crippen molar-refractivity contribution in [2.75, 3.05) is 18.0 Å². The summed E-state index contributed by atoms with van der Waals surface area (Å²) in [7, 11) is 0. The van der Waals surface area contributed by atoms with Gasteiger partial charge in [0, 0.05) is 23.8 Å². The van der Waals surface area contributed by atoms with Crippen molar-refractivity contribution in [3.8, 4) is 11.1 Å². The molecule has 2 aromatic heterocycles. The molecule has 0 amide bonds. The van der Waals surface area contributed by atoms with E-state index < -0.39 is 0 Å². The summed E-state index contributed by atoms with van der Waals surface area (Å²) in [6.45, 7) is 4.10. The molecule has 1 saturated heterocycles. The van der Waals surface area contributed by atoms with E-state index in [0.717, 1.165) is 47.4 Å². The Kier molecular flexibility index (Phi) is 4.29. The van der Waals surface area contributed by atoms with Crippen molar-refractivity contribution in [3.05, 3.63) is 51.4 Å². The number of aromatic nitrogens is 3. The Labute approximate surface area is 154 Å². The molecule has 5 nitrogen and oxygen atoms in total. The van der Waals surface area contributed by atoms with Crippen molar-refractivity contribution in [2.45, 2.75) is 19.8 Å². The third-order valence-corrected chi connectivity index (χ3v) is 5.36. The summed E-state index contributed by atoms with van der Waals surface area (Å²) in [5.74, 6) is 1.36. The van der Waals surface area contributed by atoms with Crippen LogP contribution >= 0.6 is 15.9 Å². The van der Waals surface area contributed by atoms with Crippen LogP contribution in [0.1, 0.15) is 19.8 Å². The second-order valence-electron chi connectivity index (χ2n) is 6.62. The van der Waals surface area contributed by atoms with E-state index in [2.05, 4.69) is 42.7 Å². The van der Waals surface area contributed by atoms with Gasteiger partial charge in [-0.15, -0.1) is 0 Å². The maximum atomic E-state index is 12.8. The first-order chi connectivity index (χ1) is 12.1. The molecule has 25 heavy (non-hydrogen) atoms. The smallest absolute Gasteiger partial charge is 0.262 e. The number of benzene rings is 1. The minimum absolute atomic E-state index is 0.135. The van der Waals surface area contributed by atoms with Gasteiger partial charge in [0.1, 0.15) is 0 Å². The lowest BCUT2D eigenvalue weighted by Gasteiger charge is -2.30. The summed E-state index contributed by atoms with van der Waals surface area (Å²) in [6.07, 6.45) is 3.95. The summed E-state index contributed by atoms with van der Waals surface area (Å²) in [5, 5.41) is 0.541. The fourth-order valence-corrected chi connectivity index (χ4v) is 3.56. The van der Waals surface area contributed by atoms with Crippen LogP contribution < -0.4 is 10.5 Å². The van der Waals surface area contributed by atoms with E-state index in [0.29, 0.717) is 17.0 Å². The SMILES string of the molecule is CC1CCN(c2nc3nccc(-c4ccc(Br)cc4)c3c(=O)[nH]2)CC1. The highest BCUT2D eigenvalue weighted by Gasteiger charge is 2.19. The molecule has 128 valence electrons. The van der Waals surface area contributed by atoms with Crippen molar-refractivity contribution in [1.82, 2.24) is 15.0 Å². The van der Waals surface area contributed by atoms with Gasteiger partial charge >= 0.3 is 0 Å². The number of nitrogens with zero attached hydrogens (tertiary/aromatic N) is 3. The van der Waals surface area contributed by atoms with Crippen molar-refractivity contribution < 1.29 is 0 Å². The molecule has 0 spiro atoms. The number of fused-ring (bicyclic) bond motifs is 1. The van der Waals surface area contributed by atoms with E-state index in [1.807, 2.05) is 30.3 Å². The zero-order valence-corrected chi connectivity index (χ0v) is 15.6. The number of pyridine rings is 1. The van der Waals surface area contributed by atoms with Gasteiger partial charge in [0.05, 0.1) is 5.39 Å². The highest BCUT2D eigenvalue weighted by atomic mass is 79.9. The molecular formula is C19H19BrN4O. The van der Waals surface area contributed by atoms with Crippen molar-refractivity contribution in [2.24, 2.45) is 5.92 Å². The molecule has 0 saturated carbocycles. The first kappa shape index (κ1) is 16.3. The third kappa shape index (κ3) is 3.18. The summed E-state index contributed by atoms with van der Waals surface area (Å²) in [5.41, 5.74) is 2.19. The molecule has 1 aliphatic heterocycles. The molecule has 4 rings (SSSR count). The number of anilines is 1. The Hall–Kier alpha value is -2.21. The van der Waals surface area contributed by atoms with Crippen LogP contribution in [0.25, 0.3) is 22.2 Å². The van der Waals surface area contributed by atoms with E-state index in [-0.39, 0.29) is 5.56 Å². The number of aromatic amines is 1. The number of H-pyrrole nitrogens is 1. The average Bonchev–Trinajstić information content (AvgIpc) is 2.62. The molecule has 0 atom stereocenters. The Morgan fingerprint density at radius 3 is 2.60 bits per heavy atom. The van der Waals surface area contributed by atoms with E-state index in [1.54, 1.807) is 6.20 Å². The maximum Gasteiger partial charge on any atom is 0.262 e. The summed E-state index contributed by atoms with van der Waals surface area (Å²) >= 11 is 3.44. The molecule has 1 N–H and O–H groups in total. The standard InChI is InChI=1S/C19H19BrN4O/c1-12-7-10-24(11-8-12)19-22-17-16(18(25)23-19)15(6-9-21-17)13-2-4-14(20)5-3-13/h2-6,9,12H,7-8,10-11H2,1H3,(H,21,22,23,25). The van der Waals surface area contributed by atoms with Gasteiger partial charge in [0.25, 0.3) is 5.56 Å². The monoisotopic (exact) mass is 398 g/mol. The van der Waals surface area contributed by atoms with Crippen LogP contribution in [0, 0.1) is 5.92 Å². The van der Waals surface area contributed by atoms with Gasteiger partial charge in [-0.2, -0.15) is 4.98 Å². The molecule has 1 fully saturated rings. The Balaban J connectivity index is 1.80. The van der Waals surface area contributed by atoms with Crippen LogP contribution in [0.3, 0.4) is 0 Å². The third-order valence-electron chi connectivity index (χ3n) is 4.83. The highest BCUT2D eigenvalue weighted by molar-refractivity contribution is 9.10. The predicted octanol–water partition coefficient (Wildman–Crippen LogP) is 3.98. The zero-order chi connectivity index (χ0) is 17.4. The number of hydrogen-bond acceptors (Lipinski definition) is 4. The van der Waals surface area contributed by atoms with Gasteiger partial charge in [-0.05, 0) is 48.1 Å². The van der Waals surface area contributed by atoms with Crippen molar-refractivity contribution >= 4 is 32.9 Å². The van der Waals surface area contributed by atoms with Gasteiger partial charge in [0.2, 0.25) is 5.95 Å². The lowest BCUT2D eigenvalue weighted by molar-refractivity contribution is 0.434. The first-order valence-electron chi connectivity index (χ1n) is 8.52. The molecule has 0 unspecified atom stereocenters.